The van der Waals surface area contributed by atoms with Crippen molar-refractivity contribution in [2.75, 3.05) is 0 Å². The largest absolute Gasteiger partial charge is 0.464 e. The molecule has 0 saturated carbocycles. The van der Waals surface area contributed by atoms with E-state index in [9.17, 15) is 9.59 Å². The van der Waals surface area contributed by atoms with Gasteiger partial charge in [0.1, 0.15) is 10.6 Å². The quantitative estimate of drug-likeness (QED) is 0.182. The highest BCUT2D eigenvalue weighted by molar-refractivity contribution is 8.00. The van der Waals surface area contributed by atoms with Crippen molar-refractivity contribution in [3.63, 3.8) is 0 Å². The van der Waals surface area contributed by atoms with Crippen LogP contribution < -0.4 is 0 Å². The summed E-state index contributed by atoms with van der Waals surface area (Å²) < 4.78 is 7.75. The van der Waals surface area contributed by atoms with Crippen LogP contribution in [0.1, 0.15) is 25.6 Å². The molecular formula is C28H13NO3S2. The number of nitrogens with zero attached hydrogens (tertiary/aromatic N) is 1. The van der Waals surface area contributed by atoms with Crippen LogP contribution in [-0.2, 0) is 0 Å². The fraction of sp³-hybridized carbons (Fsp3) is 0. The first-order valence-corrected chi connectivity index (χ1v) is 12.5. The predicted molar refractivity (Wildman–Crippen MR) is 136 cm³/mol. The van der Waals surface area contributed by atoms with E-state index in [1.54, 1.807) is 53.6 Å². The third kappa shape index (κ3) is 2.29. The van der Waals surface area contributed by atoms with E-state index in [2.05, 4.69) is 53.1 Å². The fourth-order valence-corrected chi connectivity index (χ4v) is 7.52. The summed E-state index contributed by atoms with van der Waals surface area (Å²) in [5, 5.41) is 4.41. The number of Topliss-reactive ketones (excluding diaryl/α,β-unsaturated/α-hetero) is 2. The molecule has 6 aromatic rings. The second-order valence-electron chi connectivity index (χ2n) is 8.50. The molecule has 0 atom stereocenters. The van der Waals surface area contributed by atoms with Crippen molar-refractivity contribution in [3.8, 4) is 5.00 Å². The zero-order valence-corrected chi connectivity index (χ0v) is 19.1. The van der Waals surface area contributed by atoms with Crippen LogP contribution in [0.2, 0.25) is 0 Å². The number of carbonyl (C=O) groups excluding carboxylic acids is 2. The molecule has 1 aliphatic carbocycles. The first-order valence-electron chi connectivity index (χ1n) is 10.8. The van der Waals surface area contributed by atoms with Gasteiger partial charge in [0.25, 0.3) is 0 Å². The Morgan fingerprint density at radius 2 is 1.65 bits per heavy atom. The number of rotatable bonds is 1. The van der Waals surface area contributed by atoms with Gasteiger partial charge in [0.15, 0.2) is 11.6 Å². The second-order valence-corrected chi connectivity index (χ2v) is 10.6. The van der Waals surface area contributed by atoms with E-state index < -0.39 is 0 Å². The minimum Gasteiger partial charge on any atom is -0.464 e. The Morgan fingerprint density at radius 3 is 2.56 bits per heavy atom. The topological polar surface area (TPSA) is 52.2 Å². The van der Waals surface area contributed by atoms with E-state index in [1.165, 1.54) is 21.2 Å². The third-order valence-corrected chi connectivity index (χ3v) is 8.91. The molecule has 0 fully saturated rings. The van der Waals surface area contributed by atoms with Gasteiger partial charge in [-0.2, -0.15) is 0 Å². The number of hydrogen-bond acceptors (Lipinski definition) is 5. The number of ketones is 2. The Bertz CT molecular complexity index is 1880. The van der Waals surface area contributed by atoms with Crippen molar-refractivity contribution in [1.29, 1.82) is 0 Å². The average Bonchev–Trinajstić information content (AvgIpc) is 3.60. The number of hydrogen-bond donors (Lipinski definition) is 0. The average molecular weight is 476 g/mol. The van der Waals surface area contributed by atoms with E-state index >= 15 is 0 Å². The Hall–Kier alpha value is -3.87. The molecule has 0 amide bonds. The Kier molecular flexibility index (Phi) is 3.48. The third-order valence-electron chi connectivity index (χ3n) is 6.64. The van der Waals surface area contributed by atoms with Crippen molar-refractivity contribution < 1.29 is 14.0 Å². The number of aromatic nitrogens is 1. The second kappa shape index (κ2) is 6.38. The van der Waals surface area contributed by atoms with Crippen LogP contribution in [0.25, 0.3) is 43.9 Å². The molecule has 0 saturated heterocycles. The standard InChI is InChI=1S/C28H13NO3S2/c30-26-18-10-14-8-9-32-22(14)13-19(18)27(31)20(26)11-15-12-24-28(33-15)29-21-6-2-1-4-16(21)17-5-3-7-23(34-24)25(17)29/h1-13H/b20-11-. The summed E-state index contributed by atoms with van der Waals surface area (Å²) in [6.07, 6.45) is 3.32. The molecule has 0 spiro atoms. The smallest absolute Gasteiger partial charge is 0.197 e. The van der Waals surface area contributed by atoms with Gasteiger partial charge in [-0.3, -0.25) is 14.2 Å². The van der Waals surface area contributed by atoms with E-state index in [-0.39, 0.29) is 17.1 Å². The molecule has 0 radical (unpaired) electrons. The van der Waals surface area contributed by atoms with Crippen molar-refractivity contribution in [1.82, 2.24) is 4.57 Å². The van der Waals surface area contributed by atoms with E-state index in [0.29, 0.717) is 16.7 Å². The highest BCUT2D eigenvalue weighted by atomic mass is 32.2. The molecule has 3 aromatic heterocycles. The van der Waals surface area contributed by atoms with Gasteiger partial charge in [0.2, 0.25) is 0 Å². The van der Waals surface area contributed by atoms with Crippen molar-refractivity contribution in [2.24, 2.45) is 0 Å². The molecule has 4 heterocycles. The lowest BCUT2D eigenvalue weighted by molar-refractivity contribution is 0.0990. The van der Waals surface area contributed by atoms with Crippen LogP contribution in [0, 0.1) is 0 Å². The lowest BCUT2D eigenvalue weighted by Gasteiger charge is -2.15. The molecule has 0 unspecified atom stereocenters. The number of furan rings is 1. The Morgan fingerprint density at radius 1 is 0.824 bits per heavy atom. The van der Waals surface area contributed by atoms with Gasteiger partial charge in [-0.05, 0) is 42.5 Å². The summed E-state index contributed by atoms with van der Waals surface area (Å²) >= 11 is 3.35. The van der Waals surface area contributed by atoms with Crippen LogP contribution in [0.15, 0.2) is 92.8 Å². The maximum atomic E-state index is 13.2. The maximum Gasteiger partial charge on any atom is 0.197 e. The van der Waals surface area contributed by atoms with Crippen LogP contribution in [0.4, 0.5) is 0 Å². The summed E-state index contributed by atoms with van der Waals surface area (Å²) in [4.78, 5) is 29.5. The number of benzene rings is 3. The molecule has 2 aliphatic rings. The van der Waals surface area contributed by atoms with Gasteiger partial charge in [-0.25, -0.2) is 0 Å². The summed E-state index contributed by atoms with van der Waals surface area (Å²) in [7, 11) is 0. The first kappa shape index (κ1) is 18.5. The highest BCUT2D eigenvalue weighted by Crippen LogP contribution is 2.50. The minimum atomic E-state index is -0.241. The van der Waals surface area contributed by atoms with Crippen molar-refractivity contribution in [2.45, 2.75) is 9.79 Å². The normalized spacial score (nSPS) is 15.7. The highest BCUT2D eigenvalue weighted by Gasteiger charge is 2.34. The monoisotopic (exact) mass is 475 g/mol. The molecule has 0 bridgehead atoms. The number of thiophene rings is 1. The number of carbonyl (C=O) groups is 2. The molecule has 3 aromatic carbocycles. The Labute approximate surface area is 201 Å². The Balaban J connectivity index is 1.31. The molecular weight excluding hydrogens is 462 g/mol. The molecule has 160 valence electrons. The zero-order valence-electron chi connectivity index (χ0n) is 17.5. The van der Waals surface area contributed by atoms with Gasteiger partial charge in [-0.15, -0.1) is 11.3 Å². The zero-order chi connectivity index (χ0) is 22.6. The van der Waals surface area contributed by atoms with Gasteiger partial charge in [0.05, 0.1) is 22.9 Å². The summed E-state index contributed by atoms with van der Waals surface area (Å²) in [6, 6.07) is 22.2. The van der Waals surface area contributed by atoms with E-state index in [0.717, 1.165) is 25.7 Å². The van der Waals surface area contributed by atoms with Gasteiger partial charge in [-0.1, -0.05) is 42.1 Å². The minimum absolute atomic E-state index is 0.214. The SMILES string of the molecule is O=C1/C(=C/c2cc3c(s2)-n2c4ccccc4c4cccc(c42)S3)C(=O)c2cc3occc3cc21. The van der Waals surface area contributed by atoms with Gasteiger partial charge >= 0.3 is 0 Å². The molecule has 4 nitrogen and oxygen atoms in total. The molecule has 8 rings (SSSR count). The lowest BCUT2D eigenvalue weighted by atomic mass is 10.1. The molecule has 34 heavy (non-hydrogen) atoms. The molecule has 1 aliphatic heterocycles. The van der Waals surface area contributed by atoms with Gasteiger partial charge in [0, 0.05) is 42.0 Å². The summed E-state index contributed by atoms with van der Waals surface area (Å²) in [5.74, 6) is -0.464. The van der Waals surface area contributed by atoms with Gasteiger partial charge < -0.3 is 4.42 Å². The van der Waals surface area contributed by atoms with Crippen LogP contribution in [0.3, 0.4) is 0 Å². The van der Waals surface area contributed by atoms with Crippen LogP contribution in [-0.4, -0.2) is 16.1 Å². The summed E-state index contributed by atoms with van der Waals surface area (Å²) in [6.45, 7) is 0. The maximum absolute atomic E-state index is 13.2. The lowest BCUT2D eigenvalue weighted by Crippen LogP contribution is -1.99. The van der Waals surface area contributed by atoms with Crippen molar-refractivity contribution in [3.05, 3.63) is 94.6 Å². The van der Waals surface area contributed by atoms with Crippen LogP contribution >= 0.6 is 23.1 Å². The fourth-order valence-electron chi connectivity index (χ4n) is 5.13. The summed E-state index contributed by atoms with van der Waals surface area (Å²) in [5.41, 5.74) is 4.07. The van der Waals surface area contributed by atoms with E-state index in [4.69, 9.17) is 4.42 Å². The van der Waals surface area contributed by atoms with E-state index in [1.807, 2.05) is 0 Å². The number of fused-ring (bicyclic) bond motifs is 7. The molecule has 0 N–H and O–H groups in total. The van der Waals surface area contributed by atoms with Crippen LogP contribution in [0.5, 0.6) is 0 Å². The molecule has 6 heteroatoms. The predicted octanol–water partition coefficient (Wildman–Crippen LogP) is 7.52. The van der Waals surface area contributed by atoms with Crippen molar-refractivity contribution >= 4 is 73.5 Å². The number of allylic oxidation sites excluding steroid dienone is 1. The number of para-hydroxylation sites is 2. The first-order chi connectivity index (χ1) is 16.7.